The molecule has 2 nitrogen and oxygen atoms in total. The maximum absolute atomic E-state index is 10.3. The Hall–Kier alpha value is -1.22. The normalized spacial score (nSPS) is 36.4. The molecule has 0 saturated heterocycles. The summed E-state index contributed by atoms with van der Waals surface area (Å²) in [7, 11) is 1.00. The lowest BCUT2D eigenvalue weighted by Gasteiger charge is -2.62. The molecule has 0 spiro atoms. The average molecular weight is 543 g/mol. The minimum absolute atomic E-state index is 0.395. The molecule has 4 aliphatic rings. The minimum Gasteiger partial charge on any atom is -0.400 e. The van der Waals surface area contributed by atoms with Crippen LogP contribution in [0.25, 0.3) is 0 Å². The van der Waals surface area contributed by atoms with Crippen molar-refractivity contribution in [2.45, 2.75) is 139 Å². The molecule has 3 fully saturated rings. The number of hydrogen-bond acceptors (Lipinski definition) is 2. The van der Waals surface area contributed by atoms with E-state index in [0.29, 0.717) is 22.2 Å². The molecule has 0 aromatic rings. The summed E-state index contributed by atoms with van der Waals surface area (Å²) in [4.78, 5) is 0. The van der Waals surface area contributed by atoms with Gasteiger partial charge in [-0.05, 0) is 123 Å². The Morgan fingerprint density at radius 2 is 1.44 bits per heavy atom. The third-order valence-corrected chi connectivity index (χ3v) is 12.2. The van der Waals surface area contributed by atoms with Crippen molar-refractivity contribution in [2.75, 3.05) is 7.11 Å². The van der Waals surface area contributed by atoms with Crippen LogP contribution in [0.2, 0.25) is 0 Å². The summed E-state index contributed by atoms with van der Waals surface area (Å²) in [6, 6.07) is 0. The molecular weight excluding hydrogens is 476 g/mol. The summed E-state index contributed by atoms with van der Waals surface area (Å²) < 4.78 is 0. The van der Waals surface area contributed by atoms with E-state index in [-0.39, 0.29) is 0 Å². The molecule has 0 bridgehead atoms. The lowest BCUT2D eigenvalue weighted by atomic mass is 9.43. The van der Waals surface area contributed by atoms with Gasteiger partial charge in [0.05, 0.1) is 5.60 Å². The first-order chi connectivity index (χ1) is 18.3. The van der Waals surface area contributed by atoms with E-state index in [9.17, 15) is 5.11 Å². The van der Waals surface area contributed by atoms with Crippen LogP contribution in [-0.4, -0.2) is 22.9 Å². The highest BCUT2D eigenvalue weighted by molar-refractivity contribution is 5.28. The summed E-state index contributed by atoms with van der Waals surface area (Å²) in [6.07, 6.45) is 32.6. The Balaban J connectivity index is 0.00000166. The number of rotatable bonds is 5. The van der Waals surface area contributed by atoms with Crippen molar-refractivity contribution in [1.82, 2.24) is 0 Å². The molecule has 226 valence electrons. The fourth-order valence-corrected chi connectivity index (χ4v) is 8.95. The second-order valence-corrected chi connectivity index (χ2v) is 14.1. The maximum atomic E-state index is 10.3. The minimum atomic E-state index is -0.536. The quantitative estimate of drug-likeness (QED) is 0.268. The second kappa shape index (κ2) is 15.7. The summed E-state index contributed by atoms with van der Waals surface area (Å²) in [5.74, 6) is 4.81. The monoisotopic (exact) mass is 543 g/mol. The molecule has 0 heterocycles. The Morgan fingerprint density at radius 3 is 1.97 bits per heavy atom. The Bertz CT molecular complexity index is 774. The third-order valence-electron chi connectivity index (χ3n) is 12.2. The van der Waals surface area contributed by atoms with Gasteiger partial charge in [0.2, 0.25) is 0 Å². The predicted molar refractivity (Wildman–Crippen MR) is 172 cm³/mol. The van der Waals surface area contributed by atoms with Gasteiger partial charge in [-0.1, -0.05) is 73.5 Å². The van der Waals surface area contributed by atoms with E-state index in [2.05, 4.69) is 73.3 Å². The highest BCUT2D eigenvalue weighted by atomic mass is 16.3. The summed E-state index contributed by atoms with van der Waals surface area (Å²) in [5, 5.41) is 17.3. The standard InChI is InChI=1S/C30H52O.C2H6.2C2H2.CH4O/c1-20-12-14-24-23(27(20,3)4)16-17-26-25-15-13-22(11-9-10-21(2)28(5,6)31)29(25,7)18-19-30(24,26)8;4*1-2/h16,20-22,24-26,31H,9-15,17-19H2,1-8H3;1-2H3;2*1-2H;2H,1H3. The van der Waals surface area contributed by atoms with E-state index in [1.54, 1.807) is 0 Å². The van der Waals surface area contributed by atoms with Gasteiger partial charge in [-0.2, -0.15) is 0 Å². The van der Waals surface area contributed by atoms with Crippen LogP contribution in [0.4, 0.5) is 0 Å². The van der Waals surface area contributed by atoms with Crippen LogP contribution in [0.5, 0.6) is 0 Å². The first kappa shape index (κ1) is 37.8. The molecule has 8 unspecified atom stereocenters. The molecule has 2 N–H and O–H groups in total. The molecule has 0 radical (unpaired) electrons. The topological polar surface area (TPSA) is 40.5 Å². The molecule has 2 heteroatoms. The summed E-state index contributed by atoms with van der Waals surface area (Å²) in [6.45, 7) is 23.1. The molecule has 4 aliphatic carbocycles. The molecule has 0 aromatic heterocycles. The van der Waals surface area contributed by atoms with Crippen molar-refractivity contribution in [2.24, 2.45) is 51.8 Å². The van der Waals surface area contributed by atoms with Crippen LogP contribution < -0.4 is 0 Å². The Morgan fingerprint density at radius 1 is 0.897 bits per heavy atom. The highest BCUT2D eigenvalue weighted by Gasteiger charge is 2.61. The SMILES string of the molecule is C#C.C#C.CC.CC(CCCC1CCC2C3CC=C4C(CCC(C)C4(C)C)C3(C)CCC12C)C(C)(C)O.CO. The summed E-state index contributed by atoms with van der Waals surface area (Å²) >= 11 is 0. The first-order valence-electron chi connectivity index (χ1n) is 15.9. The van der Waals surface area contributed by atoms with Crippen molar-refractivity contribution in [1.29, 1.82) is 0 Å². The van der Waals surface area contributed by atoms with Crippen molar-refractivity contribution in [3.05, 3.63) is 11.6 Å². The second-order valence-electron chi connectivity index (χ2n) is 14.1. The van der Waals surface area contributed by atoms with Gasteiger partial charge in [0.15, 0.2) is 0 Å². The van der Waals surface area contributed by atoms with E-state index in [1.165, 1.54) is 64.2 Å². The lowest BCUT2D eigenvalue weighted by molar-refractivity contribution is -0.0831. The number of hydrogen-bond donors (Lipinski definition) is 2. The fourth-order valence-electron chi connectivity index (χ4n) is 8.95. The van der Waals surface area contributed by atoms with Gasteiger partial charge in [0, 0.05) is 7.11 Å². The van der Waals surface area contributed by atoms with Crippen LogP contribution in [-0.2, 0) is 0 Å². The van der Waals surface area contributed by atoms with Crippen LogP contribution in [0, 0.1) is 77.4 Å². The van der Waals surface area contributed by atoms with E-state index in [1.807, 2.05) is 33.3 Å². The first-order valence-corrected chi connectivity index (χ1v) is 15.9. The highest BCUT2D eigenvalue weighted by Crippen LogP contribution is 2.69. The van der Waals surface area contributed by atoms with E-state index < -0.39 is 5.60 Å². The predicted octanol–water partition coefficient (Wildman–Crippen LogP) is 9.55. The number of terminal acetylenes is 2. The zero-order valence-electron chi connectivity index (χ0n) is 27.8. The number of aliphatic hydroxyl groups excluding tert-OH is 1. The molecule has 0 aliphatic heterocycles. The number of allylic oxidation sites excluding steroid dienone is 2. The largest absolute Gasteiger partial charge is 0.400 e. The van der Waals surface area contributed by atoms with E-state index in [0.717, 1.165) is 36.7 Å². The molecule has 3 saturated carbocycles. The van der Waals surface area contributed by atoms with Crippen LogP contribution in [0.15, 0.2) is 11.6 Å². The van der Waals surface area contributed by atoms with Gasteiger partial charge in [-0.15, -0.1) is 25.7 Å². The Labute approximate surface area is 245 Å². The summed E-state index contributed by atoms with van der Waals surface area (Å²) in [5.41, 5.74) is 2.80. The van der Waals surface area contributed by atoms with Crippen molar-refractivity contribution < 1.29 is 10.2 Å². The number of fused-ring (bicyclic) bond motifs is 5. The molecule has 8 atom stereocenters. The molecule has 4 rings (SSSR count). The van der Waals surface area contributed by atoms with Gasteiger partial charge in [-0.25, -0.2) is 0 Å². The van der Waals surface area contributed by atoms with Gasteiger partial charge in [0.25, 0.3) is 0 Å². The lowest BCUT2D eigenvalue weighted by Crippen LogP contribution is -2.54. The van der Waals surface area contributed by atoms with Crippen LogP contribution >= 0.6 is 0 Å². The van der Waals surface area contributed by atoms with Gasteiger partial charge >= 0.3 is 0 Å². The molecule has 0 aromatic carbocycles. The smallest absolute Gasteiger partial charge is 0.0617 e. The van der Waals surface area contributed by atoms with Crippen LogP contribution in [0.1, 0.15) is 133 Å². The number of aliphatic hydroxyl groups is 2. The molecule has 0 amide bonds. The van der Waals surface area contributed by atoms with Crippen molar-refractivity contribution in [3.63, 3.8) is 0 Å². The van der Waals surface area contributed by atoms with Crippen molar-refractivity contribution in [3.8, 4) is 25.7 Å². The third kappa shape index (κ3) is 7.55. The zero-order chi connectivity index (χ0) is 30.8. The molecular formula is C37H66O2. The van der Waals surface area contributed by atoms with E-state index in [4.69, 9.17) is 5.11 Å². The fraction of sp³-hybridized carbons (Fsp3) is 0.838. The van der Waals surface area contributed by atoms with Gasteiger partial charge in [-0.3, -0.25) is 0 Å². The average Bonchev–Trinajstić information content (AvgIpc) is 3.26. The Kier molecular flexibility index (Phi) is 15.2. The van der Waals surface area contributed by atoms with Gasteiger partial charge in [0.1, 0.15) is 0 Å². The van der Waals surface area contributed by atoms with E-state index >= 15 is 0 Å². The van der Waals surface area contributed by atoms with Gasteiger partial charge < -0.3 is 10.2 Å². The zero-order valence-corrected chi connectivity index (χ0v) is 27.8. The maximum Gasteiger partial charge on any atom is 0.0617 e. The molecule has 39 heavy (non-hydrogen) atoms. The van der Waals surface area contributed by atoms with Crippen molar-refractivity contribution >= 4 is 0 Å². The van der Waals surface area contributed by atoms with Crippen LogP contribution in [0.3, 0.4) is 0 Å².